The van der Waals surface area contributed by atoms with E-state index >= 15 is 0 Å². The number of carbonyl (C=O) groups is 2. The lowest BCUT2D eigenvalue weighted by atomic mass is 10.2. The van der Waals surface area contributed by atoms with Gasteiger partial charge in [0.2, 0.25) is 0 Å². The van der Waals surface area contributed by atoms with Crippen molar-refractivity contribution in [2.45, 2.75) is 13.0 Å². The number of carbonyl (C=O) groups excluding carboxylic acids is 1. The Hall–Kier alpha value is -1.75. The fourth-order valence-corrected chi connectivity index (χ4v) is 1.41. The van der Waals surface area contributed by atoms with Crippen LogP contribution in [0.3, 0.4) is 0 Å². The fraction of sp³-hybridized carbons (Fsp3) is 0.273. The number of aromatic carboxylic acids is 1. The van der Waals surface area contributed by atoms with E-state index in [0.29, 0.717) is 0 Å². The molecule has 0 heterocycles. The predicted octanol–water partition coefficient (Wildman–Crippen LogP) is 1.98. The Balaban J connectivity index is 3.05. The number of ether oxygens (including phenoxy) is 2. The normalized spacial score (nSPS) is 11.7. The topological polar surface area (TPSA) is 72.8 Å². The molecular weight excluding hydrogens is 248 g/mol. The van der Waals surface area contributed by atoms with Crippen molar-refractivity contribution in [3.63, 3.8) is 0 Å². The maximum absolute atomic E-state index is 11.2. The molecule has 1 aromatic rings. The van der Waals surface area contributed by atoms with Gasteiger partial charge in [-0.3, -0.25) is 0 Å². The molecule has 1 N–H and O–H groups in total. The first-order valence-corrected chi connectivity index (χ1v) is 5.11. The molecule has 0 amide bonds. The van der Waals surface area contributed by atoms with Gasteiger partial charge in [-0.2, -0.15) is 0 Å². The zero-order chi connectivity index (χ0) is 13.0. The number of methoxy groups -OCH3 is 1. The van der Waals surface area contributed by atoms with Gasteiger partial charge in [-0.25, -0.2) is 9.59 Å². The first-order chi connectivity index (χ1) is 7.97. The van der Waals surface area contributed by atoms with Crippen molar-refractivity contribution < 1.29 is 24.2 Å². The van der Waals surface area contributed by atoms with E-state index in [0.717, 1.165) is 0 Å². The molecule has 0 aromatic heterocycles. The molecule has 6 heteroatoms. The lowest BCUT2D eigenvalue weighted by molar-refractivity contribution is -0.147. The van der Waals surface area contributed by atoms with E-state index in [1.54, 1.807) is 0 Å². The molecule has 0 aliphatic heterocycles. The largest absolute Gasteiger partial charge is 0.478 e. The van der Waals surface area contributed by atoms with Crippen molar-refractivity contribution >= 4 is 23.5 Å². The van der Waals surface area contributed by atoms with E-state index in [-0.39, 0.29) is 16.3 Å². The van der Waals surface area contributed by atoms with Gasteiger partial charge in [0.25, 0.3) is 0 Å². The predicted molar refractivity (Wildman–Crippen MR) is 60.5 cm³/mol. The van der Waals surface area contributed by atoms with Crippen molar-refractivity contribution in [2.75, 3.05) is 7.11 Å². The monoisotopic (exact) mass is 258 g/mol. The molecule has 0 saturated carbocycles. The summed E-state index contributed by atoms with van der Waals surface area (Å²) in [6.07, 6.45) is -0.932. The minimum Gasteiger partial charge on any atom is -0.478 e. The summed E-state index contributed by atoms with van der Waals surface area (Å²) >= 11 is 5.82. The maximum atomic E-state index is 11.2. The molecule has 0 saturated heterocycles. The molecule has 0 aliphatic carbocycles. The minimum atomic E-state index is -1.18. The van der Waals surface area contributed by atoms with E-state index in [1.807, 2.05) is 0 Å². The summed E-state index contributed by atoms with van der Waals surface area (Å²) in [5.41, 5.74) is -0.103. The molecular formula is C11H11ClO5. The number of esters is 1. The first kappa shape index (κ1) is 13.3. The van der Waals surface area contributed by atoms with Crippen LogP contribution in [0.5, 0.6) is 5.75 Å². The highest BCUT2D eigenvalue weighted by atomic mass is 35.5. The summed E-state index contributed by atoms with van der Waals surface area (Å²) < 4.78 is 9.67. The van der Waals surface area contributed by atoms with Crippen LogP contribution in [0.15, 0.2) is 18.2 Å². The Morgan fingerprint density at radius 1 is 1.41 bits per heavy atom. The van der Waals surface area contributed by atoms with Crippen LogP contribution in [0.4, 0.5) is 0 Å². The average Bonchev–Trinajstić information content (AvgIpc) is 2.30. The molecule has 1 aromatic carbocycles. The van der Waals surface area contributed by atoms with Gasteiger partial charge in [-0.05, 0) is 19.1 Å². The number of para-hydroxylation sites is 1. The second-order valence-electron chi connectivity index (χ2n) is 3.20. The molecule has 0 bridgehead atoms. The zero-order valence-electron chi connectivity index (χ0n) is 9.27. The summed E-state index contributed by atoms with van der Waals surface area (Å²) in [7, 11) is 1.22. The Labute approximate surface area is 103 Å². The van der Waals surface area contributed by atoms with Gasteiger partial charge in [-0.1, -0.05) is 17.7 Å². The van der Waals surface area contributed by atoms with Gasteiger partial charge >= 0.3 is 11.9 Å². The lowest BCUT2D eigenvalue weighted by Gasteiger charge is -2.15. The number of hydrogen-bond donors (Lipinski definition) is 1. The molecule has 17 heavy (non-hydrogen) atoms. The van der Waals surface area contributed by atoms with Crippen LogP contribution in [0.25, 0.3) is 0 Å². The summed E-state index contributed by atoms with van der Waals surface area (Å²) in [4.78, 5) is 22.1. The van der Waals surface area contributed by atoms with Gasteiger partial charge in [0.15, 0.2) is 11.9 Å². The molecule has 1 unspecified atom stereocenters. The summed E-state index contributed by atoms with van der Waals surface area (Å²) in [5.74, 6) is -1.83. The van der Waals surface area contributed by atoms with Crippen LogP contribution >= 0.6 is 11.6 Å². The summed E-state index contributed by atoms with van der Waals surface area (Å²) in [6.45, 7) is 1.45. The molecule has 0 fully saturated rings. The second-order valence-corrected chi connectivity index (χ2v) is 3.61. The summed E-state index contributed by atoms with van der Waals surface area (Å²) in [5, 5.41) is 9.07. The van der Waals surface area contributed by atoms with E-state index < -0.39 is 18.0 Å². The van der Waals surface area contributed by atoms with Crippen molar-refractivity contribution in [3.05, 3.63) is 28.8 Å². The van der Waals surface area contributed by atoms with Crippen molar-refractivity contribution in [1.29, 1.82) is 0 Å². The van der Waals surface area contributed by atoms with Gasteiger partial charge in [-0.15, -0.1) is 0 Å². The van der Waals surface area contributed by atoms with Crippen LogP contribution < -0.4 is 4.74 Å². The first-order valence-electron chi connectivity index (χ1n) is 4.73. The number of hydrogen-bond acceptors (Lipinski definition) is 4. The van der Waals surface area contributed by atoms with Crippen LogP contribution in [-0.4, -0.2) is 30.3 Å². The standard InChI is InChI=1S/C11H11ClO5/c1-6(11(15)16-2)17-9-7(10(13)14)4-3-5-8(9)12/h3-6H,1-2H3,(H,13,14). The molecule has 0 aliphatic rings. The maximum Gasteiger partial charge on any atom is 0.346 e. The Morgan fingerprint density at radius 2 is 2.06 bits per heavy atom. The molecule has 1 atom stereocenters. The van der Waals surface area contributed by atoms with E-state index in [1.165, 1.54) is 32.2 Å². The Bertz CT molecular complexity index is 443. The van der Waals surface area contributed by atoms with E-state index in [4.69, 9.17) is 21.4 Å². The lowest BCUT2D eigenvalue weighted by Crippen LogP contribution is -2.25. The van der Waals surface area contributed by atoms with Crippen molar-refractivity contribution in [3.8, 4) is 5.75 Å². The third-order valence-electron chi connectivity index (χ3n) is 2.03. The fourth-order valence-electron chi connectivity index (χ4n) is 1.19. The Morgan fingerprint density at radius 3 is 2.59 bits per heavy atom. The van der Waals surface area contributed by atoms with E-state index in [9.17, 15) is 9.59 Å². The molecule has 92 valence electrons. The Kier molecular flexibility index (Phi) is 4.34. The van der Waals surface area contributed by atoms with Gasteiger partial charge < -0.3 is 14.6 Å². The smallest absolute Gasteiger partial charge is 0.346 e. The molecule has 5 nitrogen and oxygen atoms in total. The molecule has 1 rings (SSSR count). The van der Waals surface area contributed by atoms with Gasteiger partial charge in [0.1, 0.15) is 5.56 Å². The van der Waals surface area contributed by atoms with Crippen LogP contribution in [-0.2, 0) is 9.53 Å². The quantitative estimate of drug-likeness (QED) is 0.836. The number of carboxylic acids is 1. The third-order valence-corrected chi connectivity index (χ3v) is 2.32. The van der Waals surface area contributed by atoms with Gasteiger partial charge in [0, 0.05) is 0 Å². The van der Waals surface area contributed by atoms with Crippen LogP contribution in [0.2, 0.25) is 5.02 Å². The highest BCUT2D eigenvalue weighted by molar-refractivity contribution is 6.32. The number of benzene rings is 1. The third kappa shape index (κ3) is 3.10. The van der Waals surface area contributed by atoms with E-state index in [2.05, 4.69) is 4.74 Å². The highest BCUT2D eigenvalue weighted by Gasteiger charge is 2.21. The second kappa shape index (κ2) is 5.54. The number of halogens is 1. The van der Waals surface area contributed by atoms with Gasteiger partial charge in [0.05, 0.1) is 12.1 Å². The zero-order valence-corrected chi connectivity index (χ0v) is 10.0. The minimum absolute atomic E-state index is 0.0421. The van der Waals surface area contributed by atoms with Crippen molar-refractivity contribution in [1.82, 2.24) is 0 Å². The molecule has 0 spiro atoms. The SMILES string of the molecule is COC(=O)C(C)Oc1c(Cl)cccc1C(=O)O. The van der Waals surface area contributed by atoms with Crippen LogP contribution in [0.1, 0.15) is 17.3 Å². The number of carboxylic acid groups (broad SMARTS) is 1. The van der Waals surface area contributed by atoms with Crippen molar-refractivity contribution in [2.24, 2.45) is 0 Å². The highest BCUT2D eigenvalue weighted by Crippen LogP contribution is 2.29. The number of rotatable bonds is 4. The average molecular weight is 259 g/mol. The van der Waals surface area contributed by atoms with Crippen LogP contribution in [0, 0.1) is 0 Å². The summed E-state index contributed by atoms with van der Waals surface area (Å²) in [6, 6.07) is 4.31. The molecule has 0 radical (unpaired) electrons.